The number of nitrogens with two attached hydrogens (primary N) is 1. The quantitative estimate of drug-likeness (QED) is 0.843. The van der Waals surface area contributed by atoms with Gasteiger partial charge in [-0.15, -0.1) is 0 Å². The van der Waals surface area contributed by atoms with E-state index >= 15 is 0 Å². The maximum absolute atomic E-state index is 12.3. The summed E-state index contributed by atoms with van der Waals surface area (Å²) in [5.41, 5.74) is 7.88. The molecule has 1 aromatic carbocycles. The van der Waals surface area contributed by atoms with E-state index in [1.54, 1.807) is 0 Å². The van der Waals surface area contributed by atoms with Gasteiger partial charge in [-0.05, 0) is 44.4 Å². The molecular weight excluding hydrogens is 224 g/mol. The summed E-state index contributed by atoms with van der Waals surface area (Å²) in [5.74, 6) is -0.0166. The largest absolute Gasteiger partial charge is 0.326 e. The van der Waals surface area contributed by atoms with Crippen molar-refractivity contribution in [2.45, 2.75) is 45.1 Å². The first-order valence-corrected chi connectivity index (χ1v) is 6.65. The van der Waals surface area contributed by atoms with E-state index in [1.807, 2.05) is 38.1 Å². The van der Waals surface area contributed by atoms with Gasteiger partial charge in [0.2, 0.25) is 5.91 Å². The fourth-order valence-corrected chi connectivity index (χ4v) is 2.74. The van der Waals surface area contributed by atoms with Gasteiger partial charge in [-0.25, -0.2) is 0 Å². The number of hydrogen-bond donors (Lipinski definition) is 2. The zero-order valence-electron chi connectivity index (χ0n) is 11.2. The lowest BCUT2D eigenvalue weighted by atomic mass is 9.74. The first-order chi connectivity index (χ1) is 8.49. The minimum absolute atomic E-state index is 0.0605. The third-order valence-electron chi connectivity index (χ3n) is 3.86. The molecule has 0 bridgehead atoms. The van der Waals surface area contributed by atoms with Gasteiger partial charge in [0.1, 0.15) is 0 Å². The van der Waals surface area contributed by atoms with Crippen LogP contribution in [0.5, 0.6) is 0 Å². The van der Waals surface area contributed by atoms with Crippen molar-refractivity contribution in [1.29, 1.82) is 0 Å². The summed E-state index contributed by atoms with van der Waals surface area (Å²) in [7, 11) is 0. The van der Waals surface area contributed by atoms with Crippen molar-refractivity contribution in [1.82, 2.24) is 0 Å². The van der Waals surface area contributed by atoms with Crippen LogP contribution in [0.3, 0.4) is 0 Å². The molecule has 1 aliphatic rings. The van der Waals surface area contributed by atoms with Gasteiger partial charge in [-0.3, -0.25) is 4.79 Å². The maximum Gasteiger partial charge on any atom is 0.229 e. The Hall–Kier alpha value is -1.35. The average molecular weight is 246 g/mol. The molecule has 0 radical (unpaired) electrons. The third-order valence-corrected chi connectivity index (χ3v) is 3.86. The van der Waals surface area contributed by atoms with Gasteiger partial charge in [0.05, 0.1) is 5.92 Å². The molecule has 3 heteroatoms. The number of nitrogens with one attached hydrogen (secondary N) is 1. The standard InChI is InChI=1S/C15H22N2O/c1-11-6-5-7-12(10-11)17-14(18)13-8-3-4-9-15(13,2)16/h5-7,10,13H,3-4,8-9,16H2,1-2H3,(H,17,18). The van der Waals surface area contributed by atoms with Gasteiger partial charge in [0.25, 0.3) is 0 Å². The highest BCUT2D eigenvalue weighted by Gasteiger charge is 2.37. The number of benzene rings is 1. The number of rotatable bonds is 2. The lowest BCUT2D eigenvalue weighted by Crippen LogP contribution is -2.51. The van der Waals surface area contributed by atoms with Gasteiger partial charge < -0.3 is 11.1 Å². The summed E-state index contributed by atoms with van der Waals surface area (Å²) in [6.07, 6.45) is 4.05. The summed E-state index contributed by atoms with van der Waals surface area (Å²) < 4.78 is 0. The van der Waals surface area contributed by atoms with Crippen LogP contribution in [0.2, 0.25) is 0 Å². The zero-order chi connectivity index (χ0) is 13.2. The molecule has 1 amide bonds. The highest BCUT2D eigenvalue weighted by molar-refractivity contribution is 5.93. The number of aryl methyl sites for hydroxylation is 1. The van der Waals surface area contributed by atoms with Gasteiger partial charge >= 0.3 is 0 Å². The Kier molecular flexibility index (Phi) is 3.71. The SMILES string of the molecule is Cc1cccc(NC(=O)C2CCCCC2(C)N)c1. The topological polar surface area (TPSA) is 55.1 Å². The van der Waals surface area contributed by atoms with Crippen LogP contribution in [0, 0.1) is 12.8 Å². The van der Waals surface area contributed by atoms with Crippen molar-refractivity contribution in [3.05, 3.63) is 29.8 Å². The van der Waals surface area contributed by atoms with E-state index in [-0.39, 0.29) is 17.4 Å². The summed E-state index contributed by atoms with van der Waals surface area (Å²) in [5, 5.41) is 2.99. The fourth-order valence-electron chi connectivity index (χ4n) is 2.74. The van der Waals surface area contributed by atoms with E-state index in [9.17, 15) is 4.79 Å². The van der Waals surface area contributed by atoms with Crippen molar-refractivity contribution in [2.24, 2.45) is 11.7 Å². The second-order valence-electron chi connectivity index (χ2n) is 5.66. The molecule has 1 aliphatic carbocycles. The second-order valence-corrected chi connectivity index (χ2v) is 5.66. The highest BCUT2D eigenvalue weighted by atomic mass is 16.1. The lowest BCUT2D eigenvalue weighted by Gasteiger charge is -2.37. The normalized spacial score (nSPS) is 27.8. The summed E-state index contributed by atoms with van der Waals surface area (Å²) >= 11 is 0. The molecule has 1 aromatic rings. The van der Waals surface area contributed by atoms with E-state index in [0.717, 1.165) is 36.9 Å². The second kappa shape index (κ2) is 5.11. The number of anilines is 1. The van der Waals surface area contributed by atoms with Crippen LogP contribution in [0.1, 0.15) is 38.2 Å². The average Bonchev–Trinajstić information content (AvgIpc) is 2.28. The maximum atomic E-state index is 12.3. The third kappa shape index (κ3) is 2.91. The Morgan fingerprint density at radius 1 is 1.44 bits per heavy atom. The van der Waals surface area contributed by atoms with Crippen molar-refractivity contribution >= 4 is 11.6 Å². The number of carbonyl (C=O) groups is 1. The molecule has 98 valence electrons. The van der Waals surface area contributed by atoms with Gasteiger partial charge in [0, 0.05) is 11.2 Å². The first-order valence-electron chi connectivity index (χ1n) is 6.65. The molecule has 3 N–H and O–H groups in total. The molecule has 1 saturated carbocycles. The van der Waals surface area contributed by atoms with E-state index in [1.165, 1.54) is 0 Å². The fraction of sp³-hybridized carbons (Fsp3) is 0.533. The lowest BCUT2D eigenvalue weighted by molar-refractivity contribution is -0.122. The van der Waals surface area contributed by atoms with E-state index < -0.39 is 0 Å². The molecule has 18 heavy (non-hydrogen) atoms. The summed E-state index contributed by atoms with van der Waals surface area (Å²) in [6, 6.07) is 7.87. The van der Waals surface area contributed by atoms with Gasteiger partial charge in [0.15, 0.2) is 0 Å². The highest BCUT2D eigenvalue weighted by Crippen LogP contribution is 2.32. The predicted molar refractivity (Wildman–Crippen MR) is 74.4 cm³/mol. The molecule has 2 unspecified atom stereocenters. The molecule has 0 heterocycles. The summed E-state index contributed by atoms with van der Waals surface area (Å²) in [4.78, 5) is 12.3. The van der Waals surface area contributed by atoms with Crippen LogP contribution in [0.4, 0.5) is 5.69 Å². The Labute approximate surface area is 109 Å². The van der Waals surface area contributed by atoms with Gasteiger partial charge in [-0.2, -0.15) is 0 Å². The molecule has 0 spiro atoms. The first kappa shape index (κ1) is 13.1. The monoisotopic (exact) mass is 246 g/mol. The predicted octanol–water partition coefficient (Wildman–Crippen LogP) is 2.84. The molecule has 3 nitrogen and oxygen atoms in total. The van der Waals surface area contributed by atoms with Crippen molar-refractivity contribution in [3.63, 3.8) is 0 Å². The Morgan fingerprint density at radius 3 is 2.89 bits per heavy atom. The van der Waals surface area contributed by atoms with Crippen molar-refractivity contribution < 1.29 is 4.79 Å². The minimum atomic E-state index is -0.369. The van der Waals surface area contributed by atoms with E-state index in [2.05, 4.69) is 5.32 Å². The Morgan fingerprint density at radius 2 is 2.22 bits per heavy atom. The Bertz CT molecular complexity index is 440. The molecule has 0 aliphatic heterocycles. The van der Waals surface area contributed by atoms with Crippen LogP contribution < -0.4 is 11.1 Å². The van der Waals surface area contributed by atoms with Crippen LogP contribution in [0.25, 0.3) is 0 Å². The van der Waals surface area contributed by atoms with E-state index in [4.69, 9.17) is 5.73 Å². The minimum Gasteiger partial charge on any atom is -0.326 e. The van der Waals surface area contributed by atoms with Crippen LogP contribution in [-0.2, 0) is 4.79 Å². The number of hydrogen-bond acceptors (Lipinski definition) is 2. The van der Waals surface area contributed by atoms with Crippen LogP contribution >= 0.6 is 0 Å². The zero-order valence-corrected chi connectivity index (χ0v) is 11.2. The number of carbonyl (C=O) groups excluding carboxylic acids is 1. The molecule has 2 rings (SSSR count). The molecule has 2 atom stereocenters. The van der Waals surface area contributed by atoms with E-state index in [0.29, 0.717) is 0 Å². The molecule has 1 fully saturated rings. The number of amides is 1. The van der Waals surface area contributed by atoms with Crippen molar-refractivity contribution in [3.8, 4) is 0 Å². The molecular formula is C15H22N2O. The smallest absolute Gasteiger partial charge is 0.229 e. The molecule has 0 saturated heterocycles. The van der Waals surface area contributed by atoms with Crippen LogP contribution in [0.15, 0.2) is 24.3 Å². The Balaban J connectivity index is 2.07. The van der Waals surface area contributed by atoms with Gasteiger partial charge in [-0.1, -0.05) is 25.0 Å². The summed E-state index contributed by atoms with van der Waals surface area (Å²) in [6.45, 7) is 4.01. The van der Waals surface area contributed by atoms with Crippen molar-refractivity contribution in [2.75, 3.05) is 5.32 Å². The molecule has 0 aromatic heterocycles. The van der Waals surface area contributed by atoms with Crippen LogP contribution in [-0.4, -0.2) is 11.4 Å².